The zero-order valence-corrected chi connectivity index (χ0v) is 10.4. The normalized spacial score (nSPS) is 18.9. The molecule has 0 amide bonds. The average molecular weight is 219 g/mol. The van der Waals surface area contributed by atoms with Crippen molar-refractivity contribution in [2.75, 3.05) is 30.9 Å². The van der Waals surface area contributed by atoms with Crippen molar-refractivity contribution < 1.29 is 0 Å². The van der Waals surface area contributed by atoms with Gasteiger partial charge in [0.25, 0.3) is 0 Å². The van der Waals surface area contributed by atoms with Crippen molar-refractivity contribution in [1.82, 2.24) is 5.32 Å². The topological polar surface area (TPSA) is 12.0 Å². The van der Waals surface area contributed by atoms with Crippen LogP contribution < -0.4 is 5.32 Å². The van der Waals surface area contributed by atoms with E-state index in [4.69, 9.17) is 0 Å². The molecule has 1 nitrogen and oxygen atoms in total. The average Bonchev–Trinajstić information content (AvgIpc) is 2.92. The van der Waals surface area contributed by atoms with Gasteiger partial charge in [0.05, 0.1) is 0 Å². The molecule has 1 saturated carbocycles. The number of thioether (sulfide) groups is 2. The molecule has 1 aliphatic rings. The van der Waals surface area contributed by atoms with Crippen molar-refractivity contribution in [3.63, 3.8) is 0 Å². The highest BCUT2D eigenvalue weighted by Crippen LogP contribution is 2.46. The van der Waals surface area contributed by atoms with Gasteiger partial charge in [0.1, 0.15) is 0 Å². The highest BCUT2D eigenvalue weighted by molar-refractivity contribution is 8.00. The van der Waals surface area contributed by atoms with Crippen LogP contribution in [0.25, 0.3) is 0 Å². The molecule has 0 aromatic carbocycles. The molecule has 0 saturated heterocycles. The Bertz CT molecular complexity index is 135. The SMILES string of the molecule is CCSCCCNCC1(SC)CC1. The van der Waals surface area contributed by atoms with E-state index in [-0.39, 0.29) is 0 Å². The van der Waals surface area contributed by atoms with Crippen molar-refractivity contribution in [3.05, 3.63) is 0 Å². The zero-order valence-electron chi connectivity index (χ0n) is 8.77. The van der Waals surface area contributed by atoms with Gasteiger partial charge in [0.2, 0.25) is 0 Å². The second-order valence-corrected chi connectivity index (χ2v) is 6.28. The Kier molecular flexibility index (Phi) is 5.60. The molecule has 0 spiro atoms. The Balaban J connectivity index is 1.84. The molecule has 1 fully saturated rings. The molecule has 3 heteroatoms. The molecular weight excluding hydrogens is 198 g/mol. The van der Waals surface area contributed by atoms with Crippen LogP contribution in [0.3, 0.4) is 0 Å². The molecular formula is C10H21NS2. The maximum Gasteiger partial charge on any atom is 0.0282 e. The molecule has 0 bridgehead atoms. The number of rotatable bonds is 8. The van der Waals surface area contributed by atoms with Gasteiger partial charge in [-0.15, -0.1) is 0 Å². The number of hydrogen-bond donors (Lipinski definition) is 1. The lowest BCUT2D eigenvalue weighted by atomic mass is 10.4. The van der Waals surface area contributed by atoms with E-state index in [1.165, 1.54) is 43.9 Å². The molecule has 13 heavy (non-hydrogen) atoms. The first-order chi connectivity index (χ1) is 6.33. The molecule has 0 heterocycles. The van der Waals surface area contributed by atoms with Gasteiger partial charge in [0.15, 0.2) is 0 Å². The summed E-state index contributed by atoms with van der Waals surface area (Å²) < 4.78 is 0.637. The standard InChI is InChI=1S/C10H21NS2/c1-3-13-8-4-7-11-9-10(12-2)5-6-10/h11H,3-9H2,1-2H3. The maximum absolute atomic E-state index is 3.56. The van der Waals surface area contributed by atoms with Crippen LogP contribution in [0.1, 0.15) is 26.2 Å². The first-order valence-electron chi connectivity index (χ1n) is 5.16. The van der Waals surface area contributed by atoms with Crippen molar-refractivity contribution in [3.8, 4) is 0 Å². The lowest BCUT2D eigenvalue weighted by Gasteiger charge is -2.12. The van der Waals surface area contributed by atoms with Crippen molar-refractivity contribution in [2.24, 2.45) is 0 Å². The van der Waals surface area contributed by atoms with Crippen molar-refractivity contribution in [2.45, 2.75) is 30.9 Å². The summed E-state index contributed by atoms with van der Waals surface area (Å²) in [5, 5.41) is 3.56. The van der Waals surface area contributed by atoms with Gasteiger partial charge in [-0.25, -0.2) is 0 Å². The van der Waals surface area contributed by atoms with Crippen LogP contribution in [0.5, 0.6) is 0 Å². The van der Waals surface area contributed by atoms with Crippen LogP contribution in [0.15, 0.2) is 0 Å². The molecule has 78 valence electrons. The third-order valence-corrected chi connectivity index (χ3v) is 4.94. The summed E-state index contributed by atoms with van der Waals surface area (Å²) in [7, 11) is 0. The van der Waals surface area contributed by atoms with Gasteiger partial charge in [-0.05, 0) is 43.6 Å². The van der Waals surface area contributed by atoms with Gasteiger partial charge < -0.3 is 5.32 Å². The highest BCUT2D eigenvalue weighted by atomic mass is 32.2. The molecule has 0 aromatic rings. The first-order valence-corrected chi connectivity index (χ1v) is 7.54. The summed E-state index contributed by atoms with van der Waals surface area (Å²) in [6, 6.07) is 0. The summed E-state index contributed by atoms with van der Waals surface area (Å²) in [5.41, 5.74) is 0. The minimum absolute atomic E-state index is 0.637. The quantitative estimate of drug-likeness (QED) is 0.630. The van der Waals surface area contributed by atoms with Crippen LogP contribution in [0.4, 0.5) is 0 Å². The van der Waals surface area contributed by atoms with Crippen LogP contribution >= 0.6 is 23.5 Å². The Morgan fingerprint density at radius 2 is 2.15 bits per heavy atom. The van der Waals surface area contributed by atoms with E-state index in [2.05, 4.69) is 18.5 Å². The second-order valence-electron chi connectivity index (χ2n) is 3.61. The van der Waals surface area contributed by atoms with E-state index in [9.17, 15) is 0 Å². The molecule has 1 N–H and O–H groups in total. The van der Waals surface area contributed by atoms with Crippen LogP contribution in [0.2, 0.25) is 0 Å². The van der Waals surface area contributed by atoms with Gasteiger partial charge in [-0.1, -0.05) is 6.92 Å². The van der Waals surface area contributed by atoms with Gasteiger partial charge in [-0.2, -0.15) is 23.5 Å². The summed E-state index contributed by atoms with van der Waals surface area (Å²) in [4.78, 5) is 0. The highest BCUT2D eigenvalue weighted by Gasteiger charge is 2.41. The Labute approximate surface area is 90.8 Å². The lowest BCUT2D eigenvalue weighted by molar-refractivity contribution is 0.654. The fraction of sp³-hybridized carbons (Fsp3) is 1.00. The van der Waals surface area contributed by atoms with E-state index < -0.39 is 0 Å². The number of hydrogen-bond acceptors (Lipinski definition) is 3. The summed E-state index contributed by atoms with van der Waals surface area (Å²) in [6.45, 7) is 4.66. The minimum Gasteiger partial charge on any atom is -0.315 e. The summed E-state index contributed by atoms with van der Waals surface area (Å²) in [5.74, 6) is 2.57. The van der Waals surface area contributed by atoms with Gasteiger partial charge in [-0.3, -0.25) is 0 Å². The second kappa shape index (κ2) is 6.20. The summed E-state index contributed by atoms with van der Waals surface area (Å²) in [6.07, 6.45) is 6.40. The molecule has 0 aliphatic heterocycles. The van der Waals surface area contributed by atoms with E-state index in [1.807, 2.05) is 23.5 Å². The van der Waals surface area contributed by atoms with Gasteiger partial charge in [0, 0.05) is 11.3 Å². The number of nitrogens with one attached hydrogen (secondary N) is 1. The molecule has 0 radical (unpaired) electrons. The molecule has 1 rings (SSSR count). The van der Waals surface area contributed by atoms with E-state index in [1.54, 1.807) is 0 Å². The third kappa shape index (κ3) is 4.61. The lowest BCUT2D eigenvalue weighted by Crippen LogP contribution is -2.26. The van der Waals surface area contributed by atoms with Crippen molar-refractivity contribution >= 4 is 23.5 Å². The molecule has 1 aliphatic carbocycles. The fourth-order valence-corrected chi connectivity index (χ4v) is 2.75. The van der Waals surface area contributed by atoms with Gasteiger partial charge >= 0.3 is 0 Å². The van der Waals surface area contributed by atoms with Crippen LogP contribution in [-0.4, -0.2) is 35.6 Å². The van der Waals surface area contributed by atoms with E-state index in [0.29, 0.717) is 4.75 Å². The molecule has 0 aromatic heterocycles. The minimum atomic E-state index is 0.637. The maximum atomic E-state index is 3.56. The largest absolute Gasteiger partial charge is 0.315 e. The Morgan fingerprint density at radius 1 is 1.38 bits per heavy atom. The first kappa shape index (κ1) is 11.7. The van der Waals surface area contributed by atoms with Crippen LogP contribution in [0, 0.1) is 0 Å². The fourth-order valence-electron chi connectivity index (χ4n) is 1.35. The third-order valence-electron chi connectivity index (χ3n) is 2.53. The smallest absolute Gasteiger partial charge is 0.0282 e. The monoisotopic (exact) mass is 219 g/mol. The van der Waals surface area contributed by atoms with Crippen LogP contribution in [-0.2, 0) is 0 Å². The van der Waals surface area contributed by atoms with E-state index >= 15 is 0 Å². The predicted molar refractivity (Wildman–Crippen MR) is 66.0 cm³/mol. The zero-order chi connectivity index (χ0) is 9.57. The van der Waals surface area contributed by atoms with E-state index in [0.717, 1.165) is 0 Å². The molecule has 0 unspecified atom stereocenters. The van der Waals surface area contributed by atoms with Crippen molar-refractivity contribution in [1.29, 1.82) is 0 Å². The molecule has 0 atom stereocenters. The Morgan fingerprint density at radius 3 is 2.69 bits per heavy atom. The summed E-state index contributed by atoms with van der Waals surface area (Å²) >= 11 is 4.08. The predicted octanol–water partition coefficient (Wildman–Crippen LogP) is 2.61. The Hall–Kier alpha value is 0.660.